The maximum absolute atomic E-state index is 12.6. The molecule has 0 aliphatic carbocycles. The summed E-state index contributed by atoms with van der Waals surface area (Å²) in [5.41, 5.74) is 4.98. The minimum atomic E-state index is -0.0877. The van der Waals surface area contributed by atoms with Crippen LogP contribution in [0.3, 0.4) is 0 Å². The van der Waals surface area contributed by atoms with Gasteiger partial charge >= 0.3 is 0 Å². The Labute approximate surface area is 189 Å². The predicted molar refractivity (Wildman–Crippen MR) is 128 cm³/mol. The molecular formula is C27H29N3O2. The average Bonchev–Trinajstić information content (AvgIpc) is 3.16. The Morgan fingerprint density at radius 3 is 2.50 bits per heavy atom. The molecule has 3 aromatic carbocycles. The van der Waals surface area contributed by atoms with Gasteiger partial charge in [-0.3, -0.25) is 4.79 Å². The predicted octanol–water partition coefficient (Wildman–Crippen LogP) is 5.44. The highest BCUT2D eigenvalue weighted by atomic mass is 16.5. The molecule has 0 aliphatic heterocycles. The van der Waals surface area contributed by atoms with Crippen LogP contribution in [0.25, 0.3) is 11.0 Å². The fourth-order valence-corrected chi connectivity index (χ4v) is 3.75. The molecule has 4 aromatic rings. The van der Waals surface area contributed by atoms with Crippen molar-refractivity contribution >= 4 is 16.9 Å². The first kappa shape index (κ1) is 21.6. The third-order valence-corrected chi connectivity index (χ3v) is 5.58. The van der Waals surface area contributed by atoms with Gasteiger partial charge < -0.3 is 14.6 Å². The lowest BCUT2D eigenvalue weighted by molar-refractivity contribution is 0.0949. The molecule has 0 unspecified atom stereocenters. The van der Waals surface area contributed by atoms with Gasteiger partial charge in [-0.2, -0.15) is 0 Å². The second kappa shape index (κ2) is 10.1. The number of hydrogen-bond donors (Lipinski definition) is 1. The van der Waals surface area contributed by atoms with Crippen LogP contribution in [0, 0.1) is 13.8 Å². The zero-order valence-corrected chi connectivity index (χ0v) is 18.7. The Bertz CT molecular complexity index is 1200. The van der Waals surface area contributed by atoms with Crippen molar-refractivity contribution in [3.8, 4) is 5.75 Å². The van der Waals surface area contributed by atoms with Crippen molar-refractivity contribution in [2.24, 2.45) is 0 Å². The molecule has 164 valence electrons. The normalized spacial score (nSPS) is 10.9. The Morgan fingerprint density at radius 1 is 0.938 bits per heavy atom. The van der Waals surface area contributed by atoms with Crippen LogP contribution in [0.1, 0.15) is 40.2 Å². The van der Waals surface area contributed by atoms with Crippen molar-refractivity contribution in [1.82, 2.24) is 14.9 Å². The summed E-state index contributed by atoms with van der Waals surface area (Å²) in [7, 11) is 0. The number of aryl methyl sites for hydroxylation is 3. The Balaban J connectivity index is 1.38. The molecule has 1 amide bonds. The number of amides is 1. The monoisotopic (exact) mass is 427 g/mol. The van der Waals surface area contributed by atoms with Gasteiger partial charge in [0.2, 0.25) is 0 Å². The van der Waals surface area contributed by atoms with Gasteiger partial charge in [-0.25, -0.2) is 4.98 Å². The number of nitrogens with one attached hydrogen (secondary N) is 1. The molecule has 5 nitrogen and oxygen atoms in total. The van der Waals surface area contributed by atoms with E-state index in [0.717, 1.165) is 53.1 Å². The number of imidazole rings is 1. The van der Waals surface area contributed by atoms with Crippen molar-refractivity contribution in [3.05, 3.63) is 95.3 Å². The molecule has 1 aromatic heterocycles. The molecule has 0 aliphatic rings. The number of para-hydroxylation sites is 3. The van der Waals surface area contributed by atoms with Crippen LogP contribution in [0.2, 0.25) is 0 Å². The minimum absolute atomic E-state index is 0.0877. The highest BCUT2D eigenvalue weighted by molar-refractivity contribution is 5.94. The van der Waals surface area contributed by atoms with E-state index in [1.807, 2.05) is 67.6 Å². The molecule has 0 radical (unpaired) electrons. The number of benzene rings is 3. The molecule has 0 atom stereocenters. The first-order valence-corrected chi connectivity index (χ1v) is 11.1. The molecule has 4 rings (SSSR count). The SMILES string of the molecule is Cc1ccc(C(=O)NCc2nc3ccccc3n2CCCCOc2ccccc2C)cc1. The van der Waals surface area contributed by atoms with Gasteiger partial charge in [-0.05, 0) is 62.6 Å². The van der Waals surface area contributed by atoms with E-state index in [2.05, 4.69) is 28.9 Å². The van der Waals surface area contributed by atoms with Gasteiger partial charge in [0.05, 0.1) is 24.2 Å². The van der Waals surface area contributed by atoms with E-state index in [-0.39, 0.29) is 5.91 Å². The van der Waals surface area contributed by atoms with Crippen LogP contribution < -0.4 is 10.1 Å². The van der Waals surface area contributed by atoms with Gasteiger partial charge in [0, 0.05) is 12.1 Å². The molecule has 32 heavy (non-hydrogen) atoms. The molecule has 0 spiro atoms. The standard InChI is InChI=1S/C27H29N3O2/c1-20-13-15-22(16-14-20)27(31)28-19-26-29-23-10-4-5-11-24(23)30(26)17-7-8-18-32-25-12-6-3-9-21(25)2/h3-6,9-16H,7-8,17-19H2,1-2H3,(H,28,31). The summed E-state index contributed by atoms with van der Waals surface area (Å²) in [4.78, 5) is 17.3. The summed E-state index contributed by atoms with van der Waals surface area (Å²) < 4.78 is 8.14. The molecule has 0 bridgehead atoms. The Hall–Kier alpha value is -3.60. The van der Waals surface area contributed by atoms with Crippen LogP contribution in [0.5, 0.6) is 5.75 Å². The van der Waals surface area contributed by atoms with Crippen LogP contribution in [-0.4, -0.2) is 22.1 Å². The molecule has 0 fully saturated rings. The molecule has 5 heteroatoms. The number of hydrogen-bond acceptors (Lipinski definition) is 3. The molecule has 1 heterocycles. The molecular weight excluding hydrogens is 398 g/mol. The van der Waals surface area contributed by atoms with Crippen molar-refractivity contribution in [1.29, 1.82) is 0 Å². The largest absolute Gasteiger partial charge is 0.493 e. The van der Waals surface area contributed by atoms with Crippen LogP contribution in [-0.2, 0) is 13.1 Å². The first-order valence-electron chi connectivity index (χ1n) is 11.1. The molecule has 0 saturated heterocycles. The topological polar surface area (TPSA) is 56.2 Å². The summed E-state index contributed by atoms with van der Waals surface area (Å²) in [6.45, 7) is 5.96. The number of fused-ring (bicyclic) bond motifs is 1. The van der Waals surface area contributed by atoms with Crippen molar-refractivity contribution in [2.45, 2.75) is 39.8 Å². The number of carbonyl (C=O) groups excluding carboxylic acids is 1. The molecule has 1 N–H and O–H groups in total. The van der Waals surface area contributed by atoms with E-state index in [4.69, 9.17) is 9.72 Å². The first-order chi connectivity index (χ1) is 15.6. The van der Waals surface area contributed by atoms with Crippen molar-refractivity contribution in [2.75, 3.05) is 6.61 Å². The summed E-state index contributed by atoms with van der Waals surface area (Å²) >= 11 is 0. The fraction of sp³-hybridized carbons (Fsp3) is 0.259. The van der Waals surface area contributed by atoms with Gasteiger partial charge in [-0.15, -0.1) is 0 Å². The number of unbranched alkanes of at least 4 members (excludes halogenated alkanes) is 1. The number of rotatable bonds is 9. The smallest absolute Gasteiger partial charge is 0.251 e. The highest BCUT2D eigenvalue weighted by Crippen LogP contribution is 2.19. The van der Waals surface area contributed by atoms with Gasteiger partial charge in [0.1, 0.15) is 11.6 Å². The lowest BCUT2D eigenvalue weighted by Gasteiger charge is -2.12. The maximum Gasteiger partial charge on any atom is 0.251 e. The lowest BCUT2D eigenvalue weighted by atomic mass is 10.1. The highest BCUT2D eigenvalue weighted by Gasteiger charge is 2.12. The second-order valence-corrected chi connectivity index (χ2v) is 8.04. The lowest BCUT2D eigenvalue weighted by Crippen LogP contribution is -2.24. The summed E-state index contributed by atoms with van der Waals surface area (Å²) in [6.07, 6.45) is 1.90. The van der Waals surface area contributed by atoms with E-state index in [1.54, 1.807) is 0 Å². The summed E-state index contributed by atoms with van der Waals surface area (Å²) in [5.74, 6) is 1.72. The third-order valence-electron chi connectivity index (χ3n) is 5.58. The number of carbonyl (C=O) groups is 1. The second-order valence-electron chi connectivity index (χ2n) is 8.04. The van der Waals surface area contributed by atoms with Gasteiger partial charge in [0.25, 0.3) is 5.91 Å². The summed E-state index contributed by atoms with van der Waals surface area (Å²) in [6, 6.07) is 23.8. The van der Waals surface area contributed by atoms with E-state index in [9.17, 15) is 4.79 Å². The van der Waals surface area contributed by atoms with E-state index < -0.39 is 0 Å². The quantitative estimate of drug-likeness (QED) is 0.362. The Morgan fingerprint density at radius 2 is 1.69 bits per heavy atom. The maximum atomic E-state index is 12.6. The van der Waals surface area contributed by atoms with Crippen LogP contribution in [0.15, 0.2) is 72.8 Å². The van der Waals surface area contributed by atoms with E-state index in [1.165, 1.54) is 0 Å². The third kappa shape index (κ3) is 5.17. The van der Waals surface area contributed by atoms with E-state index >= 15 is 0 Å². The number of ether oxygens (including phenoxy) is 1. The minimum Gasteiger partial charge on any atom is -0.493 e. The van der Waals surface area contributed by atoms with Crippen LogP contribution >= 0.6 is 0 Å². The van der Waals surface area contributed by atoms with Crippen molar-refractivity contribution in [3.63, 3.8) is 0 Å². The number of nitrogens with zero attached hydrogens (tertiary/aromatic N) is 2. The zero-order chi connectivity index (χ0) is 22.3. The van der Waals surface area contributed by atoms with Crippen molar-refractivity contribution < 1.29 is 9.53 Å². The Kier molecular flexibility index (Phi) is 6.85. The fourth-order valence-electron chi connectivity index (χ4n) is 3.75. The van der Waals surface area contributed by atoms with Gasteiger partial charge in [-0.1, -0.05) is 48.0 Å². The average molecular weight is 428 g/mol. The number of aromatic nitrogens is 2. The van der Waals surface area contributed by atoms with E-state index in [0.29, 0.717) is 18.7 Å². The molecule has 0 saturated carbocycles. The zero-order valence-electron chi connectivity index (χ0n) is 18.7. The van der Waals surface area contributed by atoms with Crippen LogP contribution in [0.4, 0.5) is 0 Å². The van der Waals surface area contributed by atoms with Gasteiger partial charge in [0.15, 0.2) is 0 Å². The summed E-state index contributed by atoms with van der Waals surface area (Å²) in [5, 5.41) is 3.02.